The molecule has 120 valence electrons. The molecule has 0 aliphatic carbocycles. The first-order chi connectivity index (χ1) is 12.3. The van der Waals surface area contributed by atoms with Crippen molar-refractivity contribution in [2.24, 2.45) is 0 Å². The molecule has 0 amide bonds. The fourth-order valence-electron chi connectivity index (χ4n) is 2.96. The molecule has 0 saturated carbocycles. The number of hydrogen-bond donors (Lipinski definition) is 0. The highest BCUT2D eigenvalue weighted by molar-refractivity contribution is 6.14. The summed E-state index contributed by atoms with van der Waals surface area (Å²) in [6.45, 7) is 0. The Balaban J connectivity index is 1.91. The number of rotatable bonds is 4. The topological polar surface area (TPSA) is 30.2 Å². The molecule has 1 heterocycles. The van der Waals surface area contributed by atoms with E-state index in [1.165, 1.54) is 0 Å². The molecule has 0 N–H and O–H groups in total. The van der Waals surface area contributed by atoms with Crippen LogP contribution in [0.2, 0.25) is 0 Å². The normalized spacial score (nSPS) is 10.6. The van der Waals surface area contributed by atoms with Crippen LogP contribution >= 0.6 is 0 Å². The Bertz CT molecular complexity index is 984. The highest BCUT2D eigenvalue weighted by atomic mass is 16.3. The molecular weight excluding hydrogens is 308 g/mol. The molecule has 0 saturated heterocycles. The Morgan fingerprint density at radius 2 is 1.16 bits per heavy atom. The summed E-state index contributed by atoms with van der Waals surface area (Å²) in [5.74, 6) is 0.677. The van der Waals surface area contributed by atoms with Gasteiger partial charge < -0.3 is 4.42 Å². The number of benzene rings is 3. The van der Waals surface area contributed by atoms with E-state index in [0.717, 1.165) is 16.7 Å². The van der Waals surface area contributed by atoms with Gasteiger partial charge in [-0.25, -0.2) is 0 Å². The zero-order valence-electron chi connectivity index (χ0n) is 13.6. The van der Waals surface area contributed by atoms with Gasteiger partial charge in [0, 0.05) is 16.7 Å². The average Bonchev–Trinajstić information content (AvgIpc) is 3.14. The number of furan rings is 1. The van der Waals surface area contributed by atoms with E-state index in [4.69, 9.17) is 4.42 Å². The van der Waals surface area contributed by atoms with Crippen molar-refractivity contribution in [2.45, 2.75) is 0 Å². The molecule has 0 aliphatic rings. The first kappa shape index (κ1) is 15.2. The fraction of sp³-hybridized carbons (Fsp3) is 0. The van der Waals surface area contributed by atoms with E-state index in [9.17, 15) is 4.79 Å². The lowest BCUT2D eigenvalue weighted by Gasteiger charge is -2.06. The maximum Gasteiger partial charge on any atom is 0.196 e. The molecule has 0 spiro atoms. The predicted octanol–water partition coefficient (Wildman–Crippen LogP) is 5.84. The zero-order chi connectivity index (χ0) is 17.1. The number of carbonyl (C=O) groups excluding carboxylic acids is 1. The molecule has 0 unspecified atom stereocenters. The van der Waals surface area contributed by atoms with Gasteiger partial charge in [0.1, 0.15) is 12.0 Å². The van der Waals surface area contributed by atoms with Crippen molar-refractivity contribution >= 4 is 5.78 Å². The van der Waals surface area contributed by atoms with Crippen LogP contribution in [-0.4, -0.2) is 5.78 Å². The first-order valence-electron chi connectivity index (χ1n) is 8.16. The van der Waals surface area contributed by atoms with Crippen LogP contribution in [0.1, 0.15) is 15.9 Å². The monoisotopic (exact) mass is 324 g/mol. The van der Waals surface area contributed by atoms with Gasteiger partial charge in [-0.2, -0.15) is 0 Å². The average molecular weight is 324 g/mol. The molecule has 0 bridgehead atoms. The Hall–Kier alpha value is -3.39. The molecule has 4 rings (SSSR count). The van der Waals surface area contributed by atoms with Gasteiger partial charge in [0.2, 0.25) is 0 Å². The molecule has 0 radical (unpaired) electrons. The van der Waals surface area contributed by atoms with Crippen molar-refractivity contribution < 1.29 is 9.21 Å². The van der Waals surface area contributed by atoms with Gasteiger partial charge in [0.05, 0.1) is 5.56 Å². The lowest BCUT2D eigenvalue weighted by Crippen LogP contribution is -2.01. The standard InChI is InChI=1S/C23H16O2/c24-22(18-12-6-2-7-13-18)20-16-25-23(19-14-8-3-9-15-19)21(20)17-10-4-1-5-11-17/h1-16H. The van der Waals surface area contributed by atoms with Gasteiger partial charge in [-0.15, -0.1) is 0 Å². The second-order valence-corrected chi connectivity index (χ2v) is 5.78. The SMILES string of the molecule is O=C(c1ccccc1)c1coc(-c2ccccc2)c1-c1ccccc1. The third kappa shape index (κ3) is 2.90. The maximum atomic E-state index is 13.0. The summed E-state index contributed by atoms with van der Waals surface area (Å²) in [6.07, 6.45) is 1.57. The first-order valence-corrected chi connectivity index (χ1v) is 8.16. The van der Waals surface area contributed by atoms with Crippen LogP contribution in [0.3, 0.4) is 0 Å². The van der Waals surface area contributed by atoms with Crippen LogP contribution in [-0.2, 0) is 0 Å². The lowest BCUT2D eigenvalue weighted by atomic mass is 9.94. The highest BCUT2D eigenvalue weighted by Crippen LogP contribution is 2.37. The molecule has 0 aliphatic heterocycles. The minimum Gasteiger partial charge on any atom is -0.463 e. The number of carbonyl (C=O) groups is 1. The third-order valence-corrected chi connectivity index (χ3v) is 4.17. The highest BCUT2D eigenvalue weighted by Gasteiger charge is 2.22. The van der Waals surface area contributed by atoms with Crippen LogP contribution in [0.25, 0.3) is 22.5 Å². The number of hydrogen-bond acceptors (Lipinski definition) is 2. The largest absolute Gasteiger partial charge is 0.463 e. The van der Waals surface area contributed by atoms with Gasteiger partial charge in [-0.05, 0) is 5.56 Å². The van der Waals surface area contributed by atoms with E-state index < -0.39 is 0 Å². The minimum absolute atomic E-state index is 0.0367. The summed E-state index contributed by atoms with van der Waals surface area (Å²) in [5.41, 5.74) is 3.99. The summed E-state index contributed by atoms with van der Waals surface area (Å²) >= 11 is 0. The Morgan fingerprint density at radius 1 is 0.640 bits per heavy atom. The van der Waals surface area contributed by atoms with Gasteiger partial charge in [-0.1, -0.05) is 91.0 Å². The minimum atomic E-state index is -0.0367. The van der Waals surface area contributed by atoms with E-state index in [1.807, 2.05) is 91.0 Å². The molecule has 0 fully saturated rings. The molecule has 0 atom stereocenters. The van der Waals surface area contributed by atoms with Gasteiger partial charge in [0.15, 0.2) is 5.78 Å². The molecule has 2 nitrogen and oxygen atoms in total. The lowest BCUT2D eigenvalue weighted by molar-refractivity contribution is 0.103. The van der Waals surface area contributed by atoms with Crippen molar-refractivity contribution in [3.05, 3.63) is 108 Å². The van der Waals surface area contributed by atoms with Crippen LogP contribution < -0.4 is 0 Å². The quantitative estimate of drug-likeness (QED) is 0.441. The van der Waals surface area contributed by atoms with E-state index >= 15 is 0 Å². The summed E-state index contributed by atoms with van der Waals surface area (Å²) in [7, 11) is 0. The Labute approximate surface area is 146 Å². The molecule has 2 heteroatoms. The Morgan fingerprint density at radius 3 is 1.76 bits per heavy atom. The van der Waals surface area contributed by atoms with Crippen LogP contribution in [0, 0.1) is 0 Å². The fourth-order valence-corrected chi connectivity index (χ4v) is 2.96. The summed E-state index contributed by atoms with van der Waals surface area (Å²) in [6, 6.07) is 29.1. The molecule has 3 aromatic carbocycles. The second kappa shape index (κ2) is 6.62. The van der Waals surface area contributed by atoms with Gasteiger partial charge >= 0.3 is 0 Å². The predicted molar refractivity (Wildman–Crippen MR) is 99.5 cm³/mol. The maximum absolute atomic E-state index is 13.0. The van der Waals surface area contributed by atoms with Crippen molar-refractivity contribution in [3.8, 4) is 22.5 Å². The molecule has 4 aromatic rings. The van der Waals surface area contributed by atoms with Crippen molar-refractivity contribution in [1.29, 1.82) is 0 Å². The zero-order valence-corrected chi connectivity index (χ0v) is 13.6. The molecule has 25 heavy (non-hydrogen) atoms. The van der Waals surface area contributed by atoms with Crippen molar-refractivity contribution in [3.63, 3.8) is 0 Å². The van der Waals surface area contributed by atoms with E-state index in [1.54, 1.807) is 6.26 Å². The van der Waals surface area contributed by atoms with Gasteiger partial charge in [-0.3, -0.25) is 4.79 Å². The van der Waals surface area contributed by atoms with Crippen LogP contribution in [0.5, 0.6) is 0 Å². The third-order valence-electron chi connectivity index (χ3n) is 4.17. The summed E-state index contributed by atoms with van der Waals surface area (Å²) < 4.78 is 5.86. The molecule has 1 aromatic heterocycles. The van der Waals surface area contributed by atoms with Crippen molar-refractivity contribution in [2.75, 3.05) is 0 Å². The van der Waals surface area contributed by atoms with Gasteiger partial charge in [0.25, 0.3) is 0 Å². The Kier molecular flexibility index (Phi) is 4.01. The molecular formula is C23H16O2. The van der Waals surface area contributed by atoms with Crippen LogP contribution in [0.4, 0.5) is 0 Å². The van der Waals surface area contributed by atoms with E-state index in [2.05, 4.69) is 0 Å². The smallest absolute Gasteiger partial charge is 0.196 e. The number of ketones is 1. The summed E-state index contributed by atoms with van der Waals surface area (Å²) in [4.78, 5) is 13.0. The van der Waals surface area contributed by atoms with Crippen LogP contribution in [0.15, 0.2) is 102 Å². The summed E-state index contributed by atoms with van der Waals surface area (Å²) in [5, 5.41) is 0. The van der Waals surface area contributed by atoms with E-state index in [-0.39, 0.29) is 5.78 Å². The second-order valence-electron chi connectivity index (χ2n) is 5.78. The van der Waals surface area contributed by atoms with Crippen molar-refractivity contribution in [1.82, 2.24) is 0 Å². The van der Waals surface area contributed by atoms with E-state index in [0.29, 0.717) is 16.9 Å².